The number of carbonyl (C=O) groups is 3. The number of ether oxygens (including phenoxy) is 1. The number of hydrogen-bond donors (Lipinski definition) is 3. The van der Waals surface area contributed by atoms with Crippen LogP contribution in [-0.2, 0) is 14.3 Å². The summed E-state index contributed by atoms with van der Waals surface area (Å²) < 4.78 is 5.59. The molecule has 2 aliphatic rings. The van der Waals surface area contributed by atoms with Crippen LogP contribution in [0.2, 0.25) is 0 Å². The van der Waals surface area contributed by atoms with Crippen LogP contribution in [0.15, 0.2) is 48.5 Å². The minimum atomic E-state index is -1.33. The van der Waals surface area contributed by atoms with Crippen molar-refractivity contribution >= 4 is 18.0 Å². The van der Waals surface area contributed by atoms with Crippen LogP contribution in [0.5, 0.6) is 0 Å². The average molecular weight is 465 g/mol. The van der Waals surface area contributed by atoms with Crippen molar-refractivity contribution in [1.29, 1.82) is 0 Å². The van der Waals surface area contributed by atoms with E-state index in [2.05, 4.69) is 34.9 Å². The maximum absolute atomic E-state index is 12.9. The molecule has 7 heteroatoms. The monoisotopic (exact) mass is 464 g/mol. The number of carboxylic acids is 1. The highest BCUT2D eigenvalue weighted by atomic mass is 16.5. The lowest BCUT2D eigenvalue weighted by atomic mass is 9.75. The fraction of sp³-hybridized carbons (Fsp3) is 0.444. The largest absolute Gasteiger partial charge is 0.480 e. The summed E-state index contributed by atoms with van der Waals surface area (Å²) in [4.78, 5) is 37.1. The number of alkyl carbamates (subject to hydrolysis) is 1. The van der Waals surface area contributed by atoms with Gasteiger partial charge in [0.25, 0.3) is 0 Å². The Hall–Kier alpha value is -3.35. The zero-order chi connectivity index (χ0) is 24.3. The molecule has 1 fully saturated rings. The number of benzene rings is 2. The Labute approximate surface area is 199 Å². The van der Waals surface area contributed by atoms with Crippen molar-refractivity contribution in [2.75, 3.05) is 13.2 Å². The first kappa shape index (κ1) is 23.8. The first-order valence-corrected chi connectivity index (χ1v) is 12.0. The molecule has 3 N–H and O–H groups in total. The summed E-state index contributed by atoms with van der Waals surface area (Å²) in [6.07, 6.45) is 2.51. The molecule has 2 aromatic carbocycles. The van der Waals surface area contributed by atoms with Crippen molar-refractivity contribution in [3.63, 3.8) is 0 Å². The predicted octanol–water partition coefficient (Wildman–Crippen LogP) is 4.31. The second-order valence-electron chi connectivity index (χ2n) is 9.48. The molecule has 0 heterocycles. The molecular formula is C27H32N2O5. The molecule has 2 aromatic rings. The third-order valence-corrected chi connectivity index (χ3v) is 7.44. The number of amides is 2. The fourth-order valence-corrected chi connectivity index (χ4v) is 4.82. The predicted molar refractivity (Wildman–Crippen MR) is 128 cm³/mol. The van der Waals surface area contributed by atoms with E-state index in [4.69, 9.17) is 4.74 Å². The van der Waals surface area contributed by atoms with Gasteiger partial charge in [0.1, 0.15) is 12.1 Å². The minimum absolute atomic E-state index is 0.0373. The number of fused-ring (bicyclic) bond motifs is 3. The van der Waals surface area contributed by atoms with Gasteiger partial charge in [-0.2, -0.15) is 0 Å². The van der Waals surface area contributed by atoms with Crippen molar-refractivity contribution in [2.24, 2.45) is 11.8 Å². The van der Waals surface area contributed by atoms with Gasteiger partial charge < -0.3 is 20.5 Å². The van der Waals surface area contributed by atoms with Gasteiger partial charge in [-0.15, -0.1) is 0 Å². The summed E-state index contributed by atoms with van der Waals surface area (Å²) in [5.74, 6) is -1.80. The summed E-state index contributed by atoms with van der Waals surface area (Å²) in [5.41, 5.74) is 3.26. The Morgan fingerprint density at radius 3 is 2.15 bits per heavy atom. The van der Waals surface area contributed by atoms with Crippen molar-refractivity contribution < 1.29 is 24.2 Å². The summed E-state index contributed by atoms with van der Waals surface area (Å²) in [6, 6.07) is 16.3. The molecule has 0 saturated heterocycles. The lowest BCUT2D eigenvalue weighted by Gasteiger charge is -2.35. The third kappa shape index (κ3) is 4.65. The number of hydrogen-bond acceptors (Lipinski definition) is 4. The summed E-state index contributed by atoms with van der Waals surface area (Å²) in [7, 11) is 0. The van der Waals surface area contributed by atoms with Crippen LogP contribution in [0.4, 0.5) is 4.79 Å². The molecule has 2 atom stereocenters. The van der Waals surface area contributed by atoms with Crippen molar-refractivity contribution in [3.8, 4) is 11.1 Å². The molecule has 180 valence electrons. The maximum atomic E-state index is 12.9. The maximum Gasteiger partial charge on any atom is 0.407 e. The number of nitrogens with one attached hydrogen (secondary N) is 2. The van der Waals surface area contributed by atoms with Gasteiger partial charge in [-0.1, -0.05) is 61.9 Å². The smallest absolute Gasteiger partial charge is 0.407 e. The van der Waals surface area contributed by atoms with E-state index in [0.29, 0.717) is 0 Å². The molecule has 0 radical (unpaired) electrons. The van der Waals surface area contributed by atoms with Crippen LogP contribution >= 0.6 is 0 Å². The van der Waals surface area contributed by atoms with Crippen LogP contribution in [0.1, 0.15) is 56.6 Å². The van der Waals surface area contributed by atoms with Crippen LogP contribution in [0.25, 0.3) is 11.1 Å². The topological polar surface area (TPSA) is 105 Å². The molecule has 0 bridgehead atoms. The van der Waals surface area contributed by atoms with E-state index in [1.165, 1.54) is 6.92 Å². The molecule has 7 nitrogen and oxygen atoms in total. The molecule has 0 aliphatic heterocycles. The summed E-state index contributed by atoms with van der Waals surface area (Å²) in [5, 5.41) is 14.9. The van der Waals surface area contributed by atoms with Gasteiger partial charge in [-0.25, -0.2) is 9.59 Å². The van der Waals surface area contributed by atoms with E-state index in [-0.39, 0.29) is 37.3 Å². The minimum Gasteiger partial charge on any atom is -0.480 e. The third-order valence-electron chi connectivity index (χ3n) is 7.44. The Balaban J connectivity index is 1.37. The Kier molecular flexibility index (Phi) is 6.91. The molecule has 34 heavy (non-hydrogen) atoms. The van der Waals surface area contributed by atoms with Gasteiger partial charge in [0, 0.05) is 12.5 Å². The van der Waals surface area contributed by atoms with Gasteiger partial charge in [-0.3, -0.25) is 4.79 Å². The highest BCUT2D eigenvalue weighted by Gasteiger charge is 2.39. The fourth-order valence-electron chi connectivity index (χ4n) is 4.82. The van der Waals surface area contributed by atoms with Gasteiger partial charge in [-0.05, 0) is 54.4 Å². The lowest BCUT2D eigenvalue weighted by Crippen LogP contribution is -2.56. The first-order valence-electron chi connectivity index (χ1n) is 12.0. The molecule has 2 amide bonds. The zero-order valence-corrected chi connectivity index (χ0v) is 19.7. The summed E-state index contributed by atoms with van der Waals surface area (Å²) >= 11 is 0. The number of rotatable bonds is 9. The Morgan fingerprint density at radius 2 is 1.65 bits per heavy atom. The zero-order valence-electron chi connectivity index (χ0n) is 19.7. The van der Waals surface area contributed by atoms with E-state index in [0.717, 1.165) is 41.5 Å². The van der Waals surface area contributed by atoms with Crippen LogP contribution < -0.4 is 10.6 Å². The molecule has 4 rings (SSSR count). The molecule has 2 aliphatic carbocycles. The molecule has 0 spiro atoms. The Morgan fingerprint density at radius 1 is 1.06 bits per heavy atom. The number of aliphatic carboxylic acids is 1. The van der Waals surface area contributed by atoms with Crippen LogP contribution in [0, 0.1) is 11.8 Å². The lowest BCUT2D eigenvalue weighted by molar-refractivity contribution is -0.148. The van der Waals surface area contributed by atoms with Crippen molar-refractivity contribution in [3.05, 3.63) is 59.7 Å². The molecule has 0 aromatic heterocycles. The Bertz CT molecular complexity index is 1030. The van der Waals surface area contributed by atoms with Crippen molar-refractivity contribution in [2.45, 2.75) is 51.0 Å². The second kappa shape index (κ2) is 9.87. The first-order chi connectivity index (χ1) is 16.3. The quantitative estimate of drug-likeness (QED) is 0.513. The standard InChI is InChI=1S/C27H32N2O5/c1-3-27(2,25(31)32)29-24(30)22(17-9-8-10-17)15-28-26(33)34-16-23-20-13-6-4-11-18(20)19-12-5-7-14-21(19)23/h4-7,11-14,17,22-23H,3,8-10,15-16H2,1-2H3,(H,28,33)(H,29,30)(H,31,32). The van der Waals surface area contributed by atoms with E-state index < -0.39 is 23.5 Å². The second-order valence-corrected chi connectivity index (χ2v) is 9.48. The van der Waals surface area contributed by atoms with Crippen LogP contribution in [0.3, 0.4) is 0 Å². The molecular weight excluding hydrogens is 432 g/mol. The van der Waals surface area contributed by atoms with Gasteiger partial charge in [0.2, 0.25) is 5.91 Å². The highest BCUT2D eigenvalue weighted by Crippen LogP contribution is 2.44. The average Bonchev–Trinajstić information content (AvgIpc) is 3.12. The van der Waals surface area contributed by atoms with E-state index in [9.17, 15) is 19.5 Å². The number of carbonyl (C=O) groups excluding carboxylic acids is 2. The van der Waals surface area contributed by atoms with Gasteiger partial charge in [0.15, 0.2) is 0 Å². The van der Waals surface area contributed by atoms with Gasteiger partial charge >= 0.3 is 12.1 Å². The molecule has 2 unspecified atom stereocenters. The van der Waals surface area contributed by atoms with Gasteiger partial charge in [0.05, 0.1) is 5.92 Å². The van der Waals surface area contributed by atoms with E-state index in [1.807, 2.05) is 24.3 Å². The van der Waals surface area contributed by atoms with Crippen LogP contribution in [-0.4, -0.2) is 41.8 Å². The van der Waals surface area contributed by atoms with E-state index >= 15 is 0 Å². The molecule has 1 saturated carbocycles. The number of carboxylic acid groups (broad SMARTS) is 1. The summed E-state index contributed by atoms with van der Waals surface area (Å²) in [6.45, 7) is 3.55. The highest BCUT2D eigenvalue weighted by molar-refractivity contribution is 5.88. The SMILES string of the molecule is CCC(C)(NC(=O)C(CNC(=O)OCC1c2ccccc2-c2ccccc21)C1CCC1)C(=O)O. The van der Waals surface area contributed by atoms with Crippen molar-refractivity contribution in [1.82, 2.24) is 10.6 Å². The van der Waals surface area contributed by atoms with E-state index in [1.54, 1.807) is 6.92 Å². The normalized spacial score (nSPS) is 17.5.